The number of thiazole rings is 1. The molecule has 1 aromatic carbocycles. The summed E-state index contributed by atoms with van der Waals surface area (Å²) in [5.41, 5.74) is 0.937. The van der Waals surface area contributed by atoms with Crippen LogP contribution in [-0.4, -0.2) is 44.3 Å². The number of fused-ring (bicyclic) bond motifs is 1. The largest absolute Gasteiger partial charge is 0.489 e. The van der Waals surface area contributed by atoms with Gasteiger partial charge in [0, 0.05) is 51.1 Å². The predicted molar refractivity (Wildman–Crippen MR) is 106 cm³/mol. The van der Waals surface area contributed by atoms with Crippen LogP contribution in [0.5, 0.6) is 5.75 Å². The Morgan fingerprint density at radius 2 is 2.29 bits per heavy atom. The molecule has 2 unspecified atom stereocenters. The van der Waals surface area contributed by atoms with Crippen LogP contribution in [0.2, 0.25) is 0 Å². The molecule has 3 heterocycles. The number of nitrogens with one attached hydrogen (secondary N) is 1. The van der Waals surface area contributed by atoms with Crippen molar-refractivity contribution in [2.45, 2.75) is 39.0 Å². The summed E-state index contributed by atoms with van der Waals surface area (Å²) in [5, 5.41) is 8.25. The van der Waals surface area contributed by atoms with E-state index >= 15 is 0 Å². The zero-order chi connectivity index (χ0) is 19.8. The van der Waals surface area contributed by atoms with Crippen molar-refractivity contribution in [2.75, 3.05) is 11.9 Å². The fourth-order valence-corrected chi connectivity index (χ4v) is 4.48. The lowest BCUT2D eigenvalue weighted by Gasteiger charge is -2.19. The molecule has 3 aromatic rings. The Morgan fingerprint density at radius 1 is 1.46 bits per heavy atom. The third-order valence-corrected chi connectivity index (χ3v) is 5.77. The van der Waals surface area contributed by atoms with Crippen LogP contribution in [0.25, 0.3) is 10.9 Å². The minimum atomic E-state index is -0.521. The highest BCUT2D eigenvalue weighted by atomic mass is 32.1. The van der Waals surface area contributed by atoms with Crippen LogP contribution in [0.1, 0.15) is 25.1 Å². The maximum Gasteiger partial charge on any atom is 0.230 e. The molecule has 7 nitrogen and oxygen atoms in total. The Hall–Kier alpha value is -2.52. The van der Waals surface area contributed by atoms with Gasteiger partial charge in [-0.2, -0.15) is 14.5 Å². The van der Waals surface area contributed by atoms with Gasteiger partial charge < -0.3 is 10.1 Å². The molecule has 2 atom stereocenters. The molecule has 148 valence electrons. The summed E-state index contributed by atoms with van der Waals surface area (Å²) in [6.45, 7) is 4.65. The van der Waals surface area contributed by atoms with Crippen LogP contribution >= 0.6 is 11.3 Å². The number of aromatic nitrogens is 3. The number of hydrogen-bond acceptors (Lipinski definition) is 6. The average Bonchev–Trinajstić information content (AvgIpc) is 3.24. The summed E-state index contributed by atoms with van der Waals surface area (Å²) in [6, 6.07) is 6.15. The van der Waals surface area contributed by atoms with Crippen molar-refractivity contribution in [3.8, 4) is 5.75 Å². The molecule has 2 aromatic heterocycles. The van der Waals surface area contributed by atoms with Crippen LogP contribution in [0.4, 0.5) is 9.52 Å². The van der Waals surface area contributed by atoms with E-state index in [9.17, 15) is 9.18 Å². The zero-order valence-corrected chi connectivity index (χ0v) is 16.8. The molecule has 9 heteroatoms. The Kier molecular flexibility index (Phi) is 5.03. The van der Waals surface area contributed by atoms with Crippen LogP contribution in [0.15, 0.2) is 24.4 Å². The molecule has 0 spiro atoms. The highest BCUT2D eigenvalue weighted by molar-refractivity contribution is 7.15. The normalized spacial score (nSPS) is 20.0. The summed E-state index contributed by atoms with van der Waals surface area (Å²) < 4.78 is 22.1. The monoisotopic (exact) mass is 403 g/mol. The van der Waals surface area contributed by atoms with E-state index < -0.39 is 5.95 Å². The van der Waals surface area contributed by atoms with Crippen molar-refractivity contribution in [3.05, 3.63) is 35.2 Å². The number of aryl methyl sites for hydroxylation is 1. The number of benzene rings is 1. The van der Waals surface area contributed by atoms with Gasteiger partial charge in [0.15, 0.2) is 5.13 Å². The van der Waals surface area contributed by atoms with Gasteiger partial charge in [-0.15, -0.1) is 0 Å². The Bertz CT molecular complexity index is 1020. The lowest BCUT2D eigenvalue weighted by atomic mass is 10.2. The number of amides is 1. The first-order valence-electron chi connectivity index (χ1n) is 9.14. The van der Waals surface area contributed by atoms with Gasteiger partial charge in [-0.25, -0.2) is 0 Å². The first kappa shape index (κ1) is 18.8. The van der Waals surface area contributed by atoms with Crippen LogP contribution in [-0.2, 0) is 18.4 Å². The van der Waals surface area contributed by atoms with Crippen molar-refractivity contribution >= 4 is 33.3 Å². The minimum Gasteiger partial charge on any atom is -0.489 e. The van der Waals surface area contributed by atoms with E-state index in [4.69, 9.17) is 4.74 Å². The van der Waals surface area contributed by atoms with Gasteiger partial charge in [-0.3, -0.25) is 14.4 Å². The molecule has 0 aliphatic carbocycles. The fourth-order valence-electron chi connectivity index (χ4n) is 3.56. The zero-order valence-electron chi connectivity index (χ0n) is 16.0. The first-order valence-corrected chi connectivity index (χ1v) is 9.96. The van der Waals surface area contributed by atoms with Crippen molar-refractivity contribution in [1.82, 2.24) is 19.7 Å². The summed E-state index contributed by atoms with van der Waals surface area (Å²) in [6.07, 6.45) is 2.87. The molecular weight excluding hydrogens is 381 g/mol. The third-order valence-electron chi connectivity index (χ3n) is 4.84. The number of carbonyl (C=O) groups is 1. The summed E-state index contributed by atoms with van der Waals surface area (Å²) in [7, 11) is 1.90. The Labute approximate surface area is 166 Å². The first-order chi connectivity index (χ1) is 13.4. The minimum absolute atomic E-state index is 0.0370. The molecule has 1 N–H and O–H groups in total. The fraction of sp³-hybridized carbons (Fsp3) is 0.421. The smallest absolute Gasteiger partial charge is 0.230 e. The Balaban J connectivity index is 1.41. The maximum atomic E-state index is 14.1. The SMILES string of the molecule is CC(=O)Nc1nc(F)c(CN2CC(Oc3ccc4nn(C)cc4c3)CC2C)s1. The molecule has 1 fully saturated rings. The van der Waals surface area contributed by atoms with Gasteiger partial charge in [-0.05, 0) is 25.1 Å². The van der Waals surface area contributed by atoms with E-state index in [2.05, 4.69) is 27.2 Å². The molecule has 1 aliphatic heterocycles. The van der Waals surface area contributed by atoms with Crippen LogP contribution in [0.3, 0.4) is 0 Å². The number of nitrogens with zero attached hydrogens (tertiary/aromatic N) is 4. The molecule has 1 amide bonds. The number of halogens is 1. The van der Waals surface area contributed by atoms with E-state index in [1.54, 1.807) is 4.68 Å². The average molecular weight is 403 g/mol. The standard InChI is InChI=1S/C19H22FN5O2S/c1-11-6-15(27-14-4-5-16-13(7-14)8-24(3)23-16)9-25(11)10-17-18(20)22-19(28-17)21-12(2)26/h4-5,7-8,11,15H,6,9-10H2,1-3H3,(H,21,22,26). The van der Waals surface area contributed by atoms with Crippen molar-refractivity contribution in [2.24, 2.45) is 7.05 Å². The van der Waals surface area contributed by atoms with Gasteiger partial charge in [0.2, 0.25) is 11.9 Å². The van der Waals surface area contributed by atoms with E-state index in [1.807, 2.05) is 31.4 Å². The highest BCUT2D eigenvalue weighted by Gasteiger charge is 2.31. The van der Waals surface area contributed by atoms with Crippen LogP contribution < -0.4 is 10.1 Å². The van der Waals surface area contributed by atoms with Gasteiger partial charge in [0.05, 0.1) is 10.4 Å². The summed E-state index contributed by atoms with van der Waals surface area (Å²) >= 11 is 1.18. The molecule has 1 aliphatic rings. The van der Waals surface area contributed by atoms with Gasteiger partial charge in [0.25, 0.3) is 0 Å². The quantitative estimate of drug-likeness (QED) is 0.708. The lowest BCUT2D eigenvalue weighted by molar-refractivity contribution is -0.114. The lowest BCUT2D eigenvalue weighted by Crippen LogP contribution is -2.28. The van der Waals surface area contributed by atoms with Gasteiger partial charge >= 0.3 is 0 Å². The molecule has 1 saturated heterocycles. The number of rotatable bonds is 5. The Morgan fingerprint density at radius 3 is 3.07 bits per heavy atom. The number of anilines is 1. The van der Waals surface area contributed by atoms with Gasteiger partial charge in [0.1, 0.15) is 11.9 Å². The molecule has 0 saturated carbocycles. The highest BCUT2D eigenvalue weighted by Crippen LogP contribution is 2.29. The number of likely N-dealkylation sites (tertiary alicyclic amines) is 1. The van der Waals surface area contributed by atoms with E-state index in [-0.39, 0.29) is 18.1 Å². The predicted octanol–water partition coefficient (Wildman–Crippen LogP) is 3.17. The molecular formula is C19H22FN5O2S. The van der Waals surface area contributed by atoms with Crippen LogP contribution in [0, 0.1) is 5.95 Å². The van der Waals surface area contributed by atoms with Crippen molar-refractivity contribution < 1.29 is 13.9 Å². The van der Waals surface area contributed by atoms with E-state index in [1.165, 1.54) is 18.3 Å². The van der Waals surface area contributed by atoms with Crippen molar-refractivity contribution in [3.63, 3.8) is 0 Å². The second-order valence-electron chi connectivity index (χ2n) is 7.19. The molecule has 0 radical (unpaired) electrons. The summed E-state index contributed by atoms with van der Waals surface area (Å²) in [4.78, 5) is 17.6. The molecule has 28 heavy (non-hydrogen) atoms. The second-order valence-corrected chi connectivity index (χ2v) is 8.28. The van der Waals surface area contributed by atoms with E-state index in [0.717, 1.165) is 23.1 Å². The van der Waals surface area contributed by atoms with Gasteiger partial charge in [-0.1, -0.05) is 11.3 Å². The molecule has 0 bridgehead atoms. The second kappa shape index (κ2) is 7.48. The van der Waals surface area contributed by atoms with E-state index in [0.29, 0.717) is 23.1 Å². The number of carbonyl (C=O) groups excluding carboxylic acids is 1. The maximum absolute atomic E-state index is 14.1. The van der Waals surface area contributed by atoms with Crippen molar-refractivity contribution in [1.29, 1.82) is 0 Å². The topological polar surface area (TPSA) is 72.3 Å². The third kappa shape index (κ3) is 4.00. The number of hydrogen-bond donors (Lipinski definition) is 1. The summed E-state index contributed by atoms with van der Waals surface area (Å²) in [5.74, 6) is 0.0395. The number of ether oxygens (including phenoxy) is 1. The molecule has 4 rings (SSSR count).